The number of thiophene rings is 1. The molecule has 0 saturated heterocycles. The first-order valence-corrected chi connectivity index (χ1v) is 12.2. The Morgan fingerprint density at radius 3 is 2.35 bits per heavy atom. The van der Waals surface area contributed by atoms with E-state index in [0.29, 0.717) is 18.4 Å². The van der Waals surface area contributed by atoms with E-state index in [1.807, 2.05) is 31.2 Å². The van der Waals surface area contributed by atoms with Gasteiger partial charge in [-0.15, -0.1) is 11.3 Å². The van der Waals surface area contributed by atoms with Gasteiger partial charge in [-0.3, -0.25) is 14.4 Å². The average Bonchev–Trinajstić information content (AvgIpc) is 3.14. The van der Waals surface area contributed by atoms with Gasteiger partial charge >= 0.3 is 11.9 Å². The largest absolute Gasteiger partial charge is 0.462 e. The van der Waals surface area contributed by atoms with Crippen LogP contribution < -0.4 is 11.1 Å². The van der Waals surface area contributed by atoms with Gasteiger partial charge in [0.05, 0.1) is 22.5 Å². The number of primary amides is 1. The smallest absolute Gasteiger partial charge is 0.341 e. The molecule has 2 amide bonds. The Balaban J connectivity index is 1.77. The molecule has 3 rings (SSSR count). The van der Waals surface area contributed by atoms with E-state index in [9.17, 15) is 19.2 Å². The number of esters is 2. The third kappa shape index (κ3) is 5.14. The van der Waals surface area contributed by atoms with E-state index in [4.69, 9.17) is 15.2 Å². The maximum atomic E-state index is 13.3. The van der Waals surface area contributed by atoms with E-state index in [2.05, 4.69) is 5.32 Å². The van der Waals surface area contributed by atoms with Crippen molar-refractivity contribution in [2.75, 3.05) is 18.5 Å². The zero-order valence-electron chi connectivity index (χ0n) is 19.7. The molecule has 0 aliphatic heterocycles. The average molecular weight is 487 g/mol. The number of anilines is 1. The van der Waals surface area contributed by atoms with E-state index >= 15 is 0 Å². The molecular weight excluding hydrogens is 456 g/mol. The number of carbonyl (C=O) groups excluding carboxylic acids is 4. The molecule has 34 heavy (non-hydrogen) atoms. The van der Waals surface area contributed by atoms with Crippen molar-refractivity contribution in [3.63, 3.8) is 0 Å². The Morgan fingerprint density at radius 2 is 1.74 bits per heavy atom. The van der Waals surface area contributed by atoms with Crippen molar-refractivity contribution in [2.24, 2.45) is 5.73 Å². The van der Waals surface area contributed by atoms with Crippen molar-refractivity contribution in [3.05, 3.63) is 51.4 Å². The van der Waals surface area contributed by atoms with Gasteiger partial charge in [0.1, 0.15) is 5.00 Å². The highest BCUT2D eigenvalue weighted by atomic mass is 32.1. The number of benzene rings is 1. The minimum atomic E-state index is -0.779. The predicted molar refractivity (Wildman–Crippen MR) is 129 cm³/mol. The molecule has 1 aliphatic carbocycles. The van der Waals surface area contributed by atoms with Gasteiger partial charge < -0.3 is 20.5 Å². The summed E-state index contributed by atoms with van der Waals surface area (Å²) in [5, 5.41) is 2.72. The number of nitrogens with one attached hydrogen (secondary N) is 1. The van der Waals surface area contributed by atoms with Crippen LogP contribution in [0.25, 0.3) is 0 Å². The minimum Gasteiger partial charge on any atom is -0.462 e. The van der Waals surface area contributed by atoms with Gasteiger partial charge in [0.15, 0.2) is 6.61 Å². The Bertz CT molecular complexity index is 1100. The molecule has 1 fully saturated rings. The fourth-order valence-corrected chi connectivity index (χ4v) is 5.63. The number of hydrogen-bond acceptors (Lipinski definition) is 7. The second-order valence-corrected chi connectivity index (χ2v) is 9.45. The molecule has 2 aromatic rings. The van der Waals surface area contributed by atoms with E-state index < -0.39 is 35.8 Å². The van der Waals surface area contributed by atoms with E-state index in [1.54, 1.807) is 13.8 Å². The van der Waals surface area contributed by atoms with Crippen molar-refractivity contribution in [2.45, 2.75) is 58.3 Å². The number of rotatable bonds is 8. The molecular formula is C25H30N2O6S. The van der Waals surface area contributed by atoms with Crippen LogP contribution in [-0.4, -0.2) is 37.0 Å². The molecule has 0 spiro atoms. The Hall–Kier alpha value is -3.20. The Morgan fingerprint density at radius 1 is 1.06 bits per heavy atom. The SMILES string of the molecule is CCOC(=O)c1c(NC(=O)COC(=O)C2(c3ccccc3C)CCCCC2)sc(C(N)=O)c1C. The lowest BCUT2D eigenvalue weighted by atomic mass is 9.68. The predicted octanol–water partition coefficient (Wildman–Crippen LogP) is 4.02. The van der Waals surface area contributed by atoms with Crippen LogP contribution in [0, 0.1) is 13.8 Å². The lowest BCUT2D eigenvalue weighted by molar-refractivity contribution is -0.154. The fourth-order valence-electron chi connectivity index (χ4n) is 4.57. The first-order valence-electron chi connectivity index (χ1n) is 11.3. The second-order valence-electron chi connectivity index (χ2n) is 8.43. The first-order chi connectivity index (χ1) is 16.2. The van der Waals surface area contributed by atoms with Gasteiger partial charge in [0, 0.05) is 0 Å². The quantitative estimate of drug-likeness (QED) is 0.543. The van der Waals surface area contributed by atoms with Gasteiger partial charge in [-0.25, -0.2) is 4.79 Å². The van der Waals surface area contributed by atoms with Crippen LogP contribution in [0.5, 0.6) is 0 Å². The molecule has 0 radical (unpaired) electrons. The molecule has 0 bridgehead atoms. The zero-order chi connectivity index (χ0) is 24.9. The number of hydrogen-bond donors (Lipinski definition) is 2. The van der Waals surface area contributed by atoms with Crippen molar-refractivity contribution in [3.8, 4) is 0 Å². The summed E-state index contributed by atoms with van der Waals surface area (Å²) < 4.78 is 10.6. The van der Waals surface area contributed by atoms with E-state index in [0.717, 1.165) is 41.7 Å². The van der Waals surface area contributed by atoms with E-state index in [1.165, 1.54) is 0 Å². The molecule has 1 saturated carbocycles. The molecule has 182 valence electrons. The van der Waals surface area contributed by atoms with Crippen molar-refractivity contribution >= 4 is 40.1 Å². The van der Waals surface area contributed by atoms with Crippen LogP contribution in [0.3, 0.4) is 0 Å². The van der Waals surface area contributed by atoms with Crippen LogP contribution >= 0.6 is 11.3 Å². The molecule has 1 aromatic heterocycles. The molecule has 8 nitrogen and oxygen atoms in total. The number of amides is 2. The summed E-state index contributed by atoms with van der Waals surface area (Å²) in [6.07, 6.45) is 4.19. The second kappa shape index (κ2) is 10.8. The van der Waals surface area contributed by atoms with E-state index in [-0.39, 0.29) is 22.0 Å². The molecule has 0 unspecified atom stereocenters. The lowest BCUT2D eigenvalue weighted by Gasteiger charge is -2.36. The third-order valence-electron chi connectivity index (χ3n) is 6.20. The summed E-state index contributed by atoms with van der Waals surface area (Å²) in [5.74, 6) is -2.43. The number of aryl methyl sites for hydroxylation is 1. The summed E-state index contributed by atoms with van der Waals surface area (Å²) in [6, 6.07) is 7.76. The first kappa shape index (κ1) is 25.4. The van der Waals surface area contributed by atoms with Crippen molar-refractivity contribution in [1.82, 2.24) is 0 Å². The maximum Gasteiger partial charge on any atom is 0.341 e. The molecule has 1 aromatic carbocycles. The lowest BCUT2D eigenvalue weighted by Crippen LogP contribution is -2.41. The van der Waals surface area contributed by atoms with Gasteiger partial charge in [-0.1, -0.05) is 43.5 Å². The zero-order valence-corrected chi connectivity index (χ0v) is 20.5. The number of carbonyl (C=O) groups is 4. The minimum absolute atomic E-state index is 0.0731. The van der Waals surface area contributed by atoms with Gasteiger partial charge in [0.25, 0.3) is 11.8 Å². The van der Waals surface area contributed by atoms with Crippen LogP contribution in [0.2, 0.25) is 0 Å². The maximum absolute atomic E-state index is 13.3. The standard InChI is InChI=1S/C25H30N2O6S/c1-4-32-23(30)19-16(3)20(21(26)29)34-22(19)27-18(28)14-33-24(31)25(12-8-5-9-13-25)17-11-7-6-10-15(17)2/h6-7,10-11H,4-5,8-9,12-14H2,1-3H3,(H2,26,29)(H,27,28). The van der Waals surface area contributed by atoms with Crippen molar-refractivity contribution in [1.29, 1.82) is 0 Å². The molecule has 0 atom stereocenters. The monoisotopic (exact) mass is 486 g/mol. The molecule has 1 aliphatic rings. The molecule has 1 heterocycles. The van der Waals surface area contributed by atoms with Crippen LogP contribution in [0.15, 0.2) is 24.3 Å². The third-order valence-corrected chi connectivity index (χ3v) is 7.42. The van der Waals surface area contributed by atoms with Gasteiger partial charge in [-0.05, 0) is 50.3 Å². The summed E-state index contributed by atoms with van der Waals surface area (Å²) in [5.41, 5.74) is 6.98. The van der Waals surface area contributed by atoms with Gasteiger partial charge in [-0.2, -0.15) is 0 Å². The normalized spacial score (nSPS) is 14.8. The summed E-state index contributed by atoms with van der Waals surface area (Å²) in [6.45, 7) is 4.80. The van der Waals surface area contributed by atoms with Crippen LogP contribution in [-0.2, 0) is 24.5 Å². The van der Waals surface area contributed by atoms with Crippen molar-refractivity contribution < 1.29 is 28.7 Å². The Labute approximate surface area is 202 Å². The molecule has 3 N–H and O–H groups in total. The Kier molecular flexibility index (Phi) is 8.09. The summed E-state index contributed by atoms with van der Waals surface area (Å²) >= 11 is 0.889. The highest BCUT2D eigenvalue weighted by Gasteiger charge is 2.43. The topological polar surface area (TPSA) is 125 Å². The highest BCUT2D eigenvalue weighted by Crippen LogP contribution is 2.42. The summed E-state index contributed by atoms with van der Waals surface area (Å²) in [7, 11) is 0. The van der Waals surface area contributed by atoms with Crippen LogP contribution in [0.1, 0.15) is 75.7 Å². The van der Waals surface area contributed by atoms with Gasteiger partial charge in [0.2, 0.25) is 0 Å². The van der Waals surface area contributed by atoms with Crippen LogP contribution in [0.4, 0.5) is 5.00 Å². The summed E-state index contributed by atoms with van der Waals surface area (Å²) in [4.78, 5) is 50.3. The number of ether oxygens (including phenoxy) is 2. The molecule has 9 heteroatoms. The number of nitrogens with two attached hydrogens (primary N) is 1. The highest BCUT2D eigenvalue weighted by molar-refractivity contribution is 7.18. The fraction of sp³-hybridized carbons (Fsp3) is 0.440.